The van der Waals surface area contributed by atoms with Gasteiger partial charge in [0.1, 0.15) is 24.2 Å². The minimum atomic E-state index is -1.34. The number of carbonyl (C=O) groups is 1. The molecule has 3 atom stereocenters. The maximum atomic E-state index is 13.4. The van der Waals surface area contributed by atoms with E-state index in [1.54, 1.807) is 35.8 Å². The van der Waals surface area contributed by atoms with Crippen LogP contribution in [0.5, 0.6) is 5.75 Å². The number of aliphatic hydroxyl groups excluding tert-OH is 1. The monoisotopic (exact) mass is 441 g/mol. The van der Waals surface area contributed by atoms with Gasteiger partial charge in [0.2, 0.25) is 0 Å². The predicted octanol–water partition coefficient (Wildman–Crippen LogP) is -0.0549. The fourth-order valence-electron chi connectivity index (χ4n) is 4.14. The van der Waals surface area contributed by atoms with Gasteiger partial charge < -0.3 is 35.9 Å². The number of aliphatic hydroxyl groups is 2. The molecule has 2 aromatic heterocycles. The molecule has 0 saturated carbocycles. The zero-order valence-electron chi connectivity index (χ0n) is 17.8. The van der Waals surface area contributed by atoms with Crippen molar-refractivity contribution >= 4 is 22.9 Å². The molecule has 11 nitrogen and oxygen atoms in total. The molecule has 1 aliphatic rings. The van der Waals surface area contributed by atoms with Gasteiger partial charge >= 0.3 is 0 Å². The molecule has 1 aromatic carbocycles. The average molecular weight is 441 g/mol. The van der Waals surface area contributed by atoms with Crippen LogP contribution in [0.2, 0.25) is 0 Å². The molecule has 170 valence electrons. The Kier molecular flexibility index (Phi) is 5.96. The van der Waals surface area contributed by atoms with Crippen LogP contribution >= 0.6 is 0 Å². The maximum absolute atomic E-state index is 13.4. The fourth-order valence-corrected chi connectivity index (χ4v) is 4.14. The third-order valence-corrected chi connectivity index (χ3v) is 5.67. The molecular formula is C21H27N7O4. The van der Waals surface area contributed by atoms with Crippen LogP contribution in [0, 0.1) is 0 Å². The van der Waals surface area contributed by atoms with Crippen molar-refractivity contribution in [3.8, 4) is 5.75 Å². The SMILES string of the molecule is C[C@]1(O)C[C@@H](O)CN(C(=O)c2cccc(OCCN)c2)C[C@@H]1n1cnc2c(N)ncnc21. The lowest BCUT2D eigenvalue weighted by Crippen LogP contribution is -2.42. The molecule has 0 radical (unpaired) electrons. The Morgan fingerprint density at radius 2 is 2.12 bits per heavy atom. The Morgan fingerprint density at radius 1 is 1.31 bits per heavy atom. The summed E-state index contributed by atoms with van der Waals surface area (Å²) in [5.74, 6) is 0.473. The first-order chi connectivity index (χ1) is 15.3. The Balaban J connectivity index is 1.68. The lowest BCUT2D eigenvalue weighted by atomic mass is 9.91. The quantitative estimate of drug-likeness (QED) is 0.424. The molecule has 1 amide bonds. The van der Waals surface area contributed by atoms with E-state index in [2.05, 4.69) is 15.0 Å². The number of aromatic nitrogens is 4. The molecule has 0 aliphatic carbocycles. The van der Waals surface area contributed by atoms with Crippen LogP contribution in [-0.4, -0.2) is 78.5 Å². The fraction of sp³-hybridized carbons (Fsp3) is 0.429. The minimum absolute atomic E-state index is 0.0708. The molecule has 3 heterocycles. The summed E-state index contributed by atoms with van der Waals surface area (Å²) in [6.45, 7) is 2.53. The first-order valence-corrected chi connectivity index (χ1v) is 10.4. The number of anilines is 1. The summed E-state index contributed by atoms with van der Waals surface area (Å²) in [6, 6.07) is 6.17. The van der Waals surface area contributed by atoms with Crippen LogP contribution < -0.4 is 16.2 Å². The van der Waals surface area contributed by atoms with E-state index in [9.17, 15) is 15.0 Å². The third kappa shape index (κ3) is 4.22. The Labute approximate surface area is 184 Å². The summed E-state index contributed by atoms with van der Waals surface area (Å²) in [5.41, 5.74) is 11.3. The number of carbonyl (C=O) groups excluding carboxylic acids is 1. The van der Waals surface area contributed by atoms with Crippen molar-refractivity contribution in [1.82, 2.24) is 24.4 Å². The normalized spacial score (nSPS) is 23.8. The van der Waals surface area contributed by atoms with Crippen molar-refractivity contribution in [3.05, 3.63) is 42.5 Å². The predicted molar refractivity (Wildman–Crippen MR) is 117 cm³/mol. The Hall–Kier alpha value is -3.28. The number of rotatable bonds is 5. The van der Waals surface area contributed by atoms with Gasteiger partial charge in [0.15, 0.2) is 11.5 Å². The molecule has 1 saturated heterocycles. The number of amides is 1. The standard InChI is InChI=1S/C21H27N7O4/c1-21(31)8-14(29)9-27(20(30)13-3-2-4-15(7-13)32-6-5-22)10-16(21)28-12-26-17-18(23)24-11-25-19(17)28/h2-4,7,11-12,14,16,29,31H,5-6,8-10,22H2,1H3,(H2,23,24,25)/t14-,16+,21+/m1/s1. The second-order valence-electron chi connectivity index (χ2n) is 8.19. The van der Waals surface area contributed by atoms with Gasteiger partial charge in [-0.15, -0.1) is 0 Å². The number of hydrogen-bond donors (Lipinski definition) is 4. The molecule has 0 spiro atoms. The lowest BCUT2D eigenvalue weighted by molar-refractivity contribution is -0.0217. The zero-order valence-corrected chi connectivity index (χ0v) is 17.8. The number of nitrogens with two attached hydrogens (primary N) is 2. The number of nitrogens with zero attached hydrogens (tertiary/aromatic N) is 5. The number of imidazole rings is 1. The number of β-amino-alcohol motifs (C(OH)–C–C–N with tert-alkyl or cyclic N) is 1. The molecule has 0 bridgehead atoms. The molecule has 32 heavy (non-hydrogen) atoms. The van der Waals surface area contributed by atoms with E-state index >= 15 is 0 Å². The van der Waals surface area contributed by atoms with Crippen LogP contribution in [-0.2, 0) is 0 Å². The van der Waals surface area contributed by atoms with E-state index in [0.717, 1.165) is 0 Å². The van der Waals surface area contributed by atoms with Crippen LogP contribution in [0.4, 0.5) is 5.82 Å². The number of nitrogen functional groups attached to an aromatic ring is 1. The number of benzene rings is 1. The summed E-state index contributed by atoms with van der Waals surface area (Å²) < 4.78 is 7.22. The smallest absolute Gasteiger partial charge is 0.254 e. The number of likely N-dealkylation sites (tertiary alicyclic amines) is 1. The summed E-state index contributed by atoms with van der Waals surface area (Å²) >= 11 is 0. The van der Waals surface area contributed by atoms with Gasteiger partial charge in [-0.25, -0.2) is 15.0 Å². The highest BCUT2D eigenvalue weighted by Gasteiger charge is 2.42. The van der Waals surface area contributed by atoms with Gasteiger partial charge in [0.05, 0.1) is 24.1 Å². The first-order valence-electron chi connectivity index (χ1n) is 10.4. The number of fused-ring (bicyclic) bond motifs is 1. The van der Waals surface area contributed by atoms with Crippen molar-refractivity contribution in [1.29, 1.82) is 0 Å². The molecule has 1 fully saturated rings. The molecule has 4 rings (SSSR count). The molecular weight excluding hydrogens is 414 g/mol. The van der Waals surface area contributed by atoms with Gasteiger partial charge in [-0.3, -0.25) is 4.79 Å². The summed E-state index contributed by atoms with van der Waals surface area (Å²) in [5, 5.41) is 21.8. The van der Waals surface area contributed by atoms with Crippen LogP contribution in [0.1, 0.15) is 29.7 Å². The molecule has 11 heteroatoms. The van der Waals surface area contributed by atoms with Gasteiger partial charge in [-0.2, -0.15) is 0 Å². The van der Waals surface area contributed by atoms with Crippen molar-refractivity contribution < 1.29 is 19.7 Å². The maximum Gasteiger partial charge on any atom is 0.254 e. The number of ether oxygens (including phenoxy) is 1. The summed E-state index contributed by atoms with van der Waals surface area (Å²) in [6.07, 6.45) is 2.01. The minimum Gasteiger partial charge on any atom is -0.492 e. The summed E-state index contributed by atoms with van der Waals surface area (Å²) in [7, 11) is 0. The second-order valence-corrected chi connectivity index (χ2v) is 8.19. The topological polar surface area (TPSA) is 166 Å². The van der Waals surface area contributed by atoms with E-state index in [-0.39, 0.29) is 31.2 Å². The van der Waals surface area contributed by atoms with Gasteiger partial charge in [-0.1, -0.05) is 6.07 Å². The van der Waals surface area contributed by atoms with Crippen molar-refractivity contribution in [2.24, 2.45) is 5.73 Å². The highest BCUT2D eigenvalue weighted by Crippen LogP contribution is 2.34. The van der Waals surface area contributed by atoms with Crippen LogP contribution in [0.3, 0.4) is 0 Å². The van der Waals surface area contributed by atoms with Crippen molar-refractivity contribution in [3.63, 3.8) is 0 Å². The van der Waals surface area contributed by atoms with E-state index in [1.807, 2.05) is 0 Å². The first kappa shape index (κ1) is 21.9. The van der Waals surface area contributed by atoms with Crippen LogP contribution in [0.25, 0.3) is 11.2 Å². The Bertz CT molecular complexity index is 1120. The highest BCUT2D eigenvalue weighted by atomic mass is 16.5. The second kappa shape index (κ2) is 8.69. The van der Waals surface area contributed by atoms with Gasteiger partial charge in [0, 0.05) is 31.6 Å². The van der Waals surface area contributed by atoms with E-state index in [0.29, 0.717) is 35.6 Å². The van der Waals surface area contributed by atoms with Gasteiger partial charge in [-0.05, 0) is 25.1 Å². The average Bonchev–Trinajstić information content (AvgIpc) is 3.14. The van der Waals surface area contributed by atoms with E-state index < -0.39 is 17.7 Å². The zero-order chi connectivity index (χ0) is 22.9. The van der Waals surface area contributed by atoms with Crippen LogP contribution in [0.15, 0.2) is 36.9 Å². The lowest BCUT2D eigenvalue weighted by Gasteiger charge is -2.34. The van der Waals surface area contributed by atoms with Gasteiger partial charge in [0.25, 0.3) is 5.91 Å². The Morgan fingerprint density at radius 3 is 2.91 bits per heavy atom. The molecule has 1 aliphatic heterocycles. The third-order valence-electron chi connectivity index (χ3n) is 5.67. The van der Waals surface area contributed by atoms with Crippen molar-refractivity contribution in [2.45, 2.75) is 31.1 Å². The van der Waals surface area contributed by atoms with Crippen molar-refractivity contribution in [2.75, 3.05) is 32.0 Å². The number of hydrogen-bond acceptors (Lipinski definition) is 9. The highest BCUT2D eigenvalue weighted by molar-refractivity contribution is 5.94. The molecule has 0 unspecified atom stereocenters. The molecule has 3 aromatic rings. The molecule has 6 N–H and O–H groups in total. The van der Waals surface area contributed by atoms with E-state index in [1.165, 1.54) is 17.6 Å². The summed E-state index contributed by atoms with van der Waals surface area (Å²) in [4.78, 5) is 27.4. The largest absolute Gasteiger partial charge is 0.492 e. The van der Waals surface area contributed by atoms with E-state index in [4.69, 9.17) is 16.2 Å².